The maximum Gasteiger partial charge on any atom is 0.135 e. The van der Waals surface area contributed by atoms with Crippen molar-refractivity contribution in [1.82, 2.24) is 0 Å². The molecule has 84 valence electrons. The van der Waals surface area contributed by atoms with Crippen LogP contribution in [0.5, 0.6) is 5.75 Å². The van der Waals surface area contributed by atoms with Gasteiger partial charge in [0, 0.05) is 8.95 Å². The highest BCUT2D eigenvalue weighted by Crippen LogP contribution is 2.42. The second kappa shape index (κ2) is 6.62. The Morgan fingerprint density at radius 3 is 2.33 bits per heavy atom. The molecule has 0 saturated carbocycles. The number of benzene rings is 1. The van der Waals surface area contributed by atoms with Gasteiger partial charge in [-0.05, 0) is 76.2 Å². The van der Waals surface area contributed by atoms with Crippen molar-refractivity contribution >= 4 is 63.7 Å². The number of hydrogen-bond acceptors (Lipinski definition) is 1. The van der Waals surface area contributed by atoms with Crippen molar-refractivity contribution in [2.45, 2.75) is 19.8 Å². The van der Waals surface area contributed by atoms with Gasteiger partial charge in [0.2, 0.25) is 0 Å². The van der Waals surface area contributed by atoms with E-state index in [1.807, 2.05) is 6.07 Å². The normalized spacial score (nSPS) is 10.5. The van der Waals surface area contributed by atoms with Crippen LogP contribution < -0.4 is 4.74 Å². The van der Waals surface area contributed by atoms with Crippen LogP contribution in [0, 0.1) is 0 Å². The summed E-state index contributed by atoms with van der Waals surface area (Å²) in [6.07, 6.45) is 2.20. The van der Waals surface area contributed by atoms with E-state index in [9.17, 15) is 0 Å². The lowest BCUT2D eigenvalue weighted by Gasteiger charge is -2.11. The van der Waals surface area contributed by atoms with Crippen molar-refractivity contribution in [1.29, 1.82) is 0 Å². The highest BCUT2D eigenvalue weighted by molar-refractivity contribution is 9.15. The van der Waals surface area contributed by atoms with Gasteiger partial charge in [0.25, 0.3) is 0 Å². The number of halogens is 4. The van der Waals surface area contributed by atoms with E-state index >= 15 is 0 Å². The molecule has 0 atom stereocenters. The van der Waals surface area contributed by atoms with Crippen LogP contribution in [0.25, 0.3) is 0 Å². The molecule has 0 fully saturated rings. The average molecular weight is 466 g/mol. The molecule has 1 aromatic rings. The van der Waals surface area contributed by atoms with E-state index in [0.29, 0.717) is 0 Å². The van der Waals surface area contributed by atoms with Crippen LogP contribution in [0.4, 0.5) is 0 Å². The van der Waals surface area contributed by atoms with Gasteiger partial charge in [-0.25, -0.2) is 0 Å². The maximum atomic E-state index is 5.67. The fourth-order valence-corrected chi connectivity index (χ4v) is 3.07. The van der Waals surface area contributed by atoms with Crippen LogP contribution in [-0.2, 0) is 0 Å². The predicted molar refractivity (Wildman–Crippen MR) is 77.6 cm³/mol. The number of hydrogen-bond donors (Lipinski definition) is 0. The molecule has 0 aliphatic heterocycles. The van der Waals surface area contributed by atoms with Crippen LogP contribution in [0.2, 0.25) is 0 Å². The summed E-state index contributed by atoms with van der Waals surface area (Å²) < 4.78 is 9.53. The van der Waals surface area contributed by atoms with Gasteiger partial charge < -0.3 is 4.74 Å². The minimum absolute atomic E-state index is 0.746. The third-order valence-electron chi connectivity index (χ3n) is 1.82. The highest BCUT2D eigenvalue weighted by Gasteiger charge is 2.12. The van der Waals surface area contributed by atoms with Crippen LogP contribution in [0.15, 0.2) is 24.0 Å². The monoisotopic (exact) mass is 462 g/mol. The van der Waals surface area contributed by atoms with Crippen molar-refractivity contribution in [2.75, 3.05) is 6.61 Å². The zero-order chi connectivity index (χ0) is 11.4. The first-order valence-electron chi connectivity index (χ1n) is 4.53. The Labute approximate surface area is 123 Å². The van der Waals surface area contributed by atoms with Gasteiger partial charge in [0.1, 0.15) is 5.75 Å². The molecule has 0 radical (unpaired) electrons. The molecular weight excluding hydrogens is 456 g/mol. The molecule has 0 spiro atoms. The smallest absolute Gasteiger partial charge is 0.135 e. The Bertz CT molecular complexity index is 352. The standard InChI is InChI=1S/C10H10Br4O/c1-2-3-4-15-7-5-6(11)8(12)10(14)9(7)13/h5H,2-4H2,1H3. The summed E-state index contributed by atoms with van der Waals surface area (Å²) in [6.45, 7) is 2.89. The van der Waals surface area contributed by atoms with E-state index < -0.39 is 0 Å². The predicted octanol–water partition coefficient (Wildman–Crippen LogP) is 5.92. The molecule has 0 aliphatic carbocycles. The molecule has 0 amide bonds. The van der Waals surface area contributed by atoms with Crippen molar-refractivity contribution in [3.63, 3.8) is 0 Å². The fraction of sp³-hybridized carbons (Fsp3) is 0.400. The van der Waals surface area contributed by atoms with Crippen molar-refractivity contribution in [3.8, 4) is 5.75 Å². The van der Waals surface area contributed by atoms with E-state index in [4.69, 9.17) is 4.74 Å². The lowest BCUT2D eigenvalue weighted by molar-refractivity contribution is 0.307. The number of ether oxygens (including phenoxy) is 1. The molecule has 0 unspecified atom stereocenters. The molecule has 0 saturated heterocycles. The minimum atomic E-state index is 0.746. The van der Waals surface area contributed by atoms with Crippen molar-refractivity contribution < 1.29 is 4.74 Å². The second-order valence-corrected chi connectivity index (χ2v) is 6.23. The Morgan fingerprint density at radius 1 is 1.07 bits per heavy atom. The summed E-state index contributed by atoms with van der Waals surface area (Å²) in [7, 11) is 0. The van der Waals surface area contributed by atoms with Crippen LogP contribution in [-0.4, -0.2) is 6.61 Å². The van der Waals surface area contributed by atoms with E-state index in [1.165, 1.54) is 0 Å². The third kappa shape index (κ3) is 3.72. The molecule has 1 nitrogen and oxygen atoms in total. The molecule has 0 aromatic heterocycles. The molecule has 0 heterocycles. The first kappa shape index (κ1) is 14.0. The maximum absolute atomic E-state index is 5.67. The Balaban J connectivity index is 2.89. The fourth-order valence-electron chi connectivity index (χ4n) is 0.983. The third-order valence-corrected chi connectivity index (χ3v) is 6.45. The van der Waals surface area contributed by atoms with E-state index in [2.05, 4.69) is 70.6 Å². The van der Waals surface area contributed by atoms with Crippen LogP contribution in [0.1, 0.15) is 19.8 Å². The van der Waals surface area contributed by atoms with Gasteiger partial charge in [0.15, 0.2) is 0 Å². The molecular formula is C10H10Br4O. The Morgan fingerprint density at radius 2 is 1.73 bits per heavy atom. The lowest BCUT2D eigenvalue weighted by Crippen LogP contribution is -1.97. The van der Waals surface area contributed by atoms with E-state index in [1.54, 1.807) is 0 Å². The molecule has 0 aliphatic rings. The average Bonchev–Trinajstić information content (AvgIpc) is 2.23. The first-order valence-corrected chi connectivity index (χ1v) is 7.71. The van der Waals surface area contributed by atoms with E-state index in [0.717, 1.165) is 43.1 Å². The van der Waals surface area contributed by atoms with Gasteiger partial charge in [-0.15, -0.1) is 0 Å². The summed E-state index contributed by atoms with van der Waals surface area (Å²) in [5.41, 5.74) is 0. The molecule has 15 heavy (non-hydrogen) atoms. The van der Waals surface area contributed by atoms with Crippen LogP contribution >= 0.6 is 63.7 Å². The summed E-state index contributed by atoms with van der Waals surface area (Å²) in [5.74, 6) is 0.852. The Kier molecular flexibility index (Phi) is 6.18. The van der Waals surface area contributed by atoms with Gasteiger partial charge in [-0.2, -0.15) is 0 Å². The lowest BCUT2D eigenvalue weighted by atomic mass is 10.3. The quantitative estimate of drug-likeness (QED) is 0.305. The zero-order valence-corrected chi connectivity index (χ0v) is 14.5. The van der Waals surface area contributed by atoms with Crippen molar-refractivity contribution in [3.05, 3.63) is 24.0 Å². The molecule has 5 heteroatoms. The van der Waals surface area contributed by atoms with Gasteiger partial charge in [-0.3, -0.25) is 0 Å². The number of rotatable bonds is 4. The van der Waals surface area contributed by atoms with Gasteiger partial charge >= 0.3 is 0 Å². The van der Waals surface area contributed by atoms with Crippen molar-refractivity contribution in [2.24, 2.45) is 0 Å². The molecule has 0 bridgehead atoms. The Hall–Kier alpha value is 0.940. The first-order chi connectivity index (χ1) is 7.07. The SMILES string of the molecule is CCCCOc1cc(Br)c(Br)c(Br)c1Br. The molecule has 0 N–H and O–H groups in total. The largest absolute Gasteiger partial charge is 0.492 e. The molecule has 1 rings (SSSR count). The zero-order valence-electron chi connectivity index (χ0n) is 8.12. The van der Waals surface area contributed by atoms with E-state index in [-0.39, 0.29) is 0 Å². The minimum Gasteiger partial charge on any atom is -0.492 e. The van der Waals surface area contributed by atoms with Crippen LogP contribution in [0.3, 0.4) is 0 Å². The summed E-state index contributed by atoms with van der Waals surface area (Å²) in [6, 6.07) is 1.95. The summed E-state index contributed by atoms with van der Waals surface area (Å²) in [4.78, 5) is 0. The topological polar surface area (TPSA) is 9.23 Å². The molecule has 1 aromatic carbocycles. The second-order valence-electron chi connectivity index (χ2n) is 3.00. The van der Waals surface area contributed by atoms with Gasteiger partial charge in [-0.1, -0.05) is 13.3 Å². The summed E-state index contributed by atoms with van der Waals surface area (Å²) in [5, 5.41) is 0. The van der Waals surface area contributed by atoms with Gasteiger partial charge in [0.05, 0.1) is 15.6 Å². The number of unbranched alkanes of at least 4 members (excludes halogenated alkanes) is 1. The summed E-state index contributed by atoms with van der Waals surface area (Å²) >= 11 is 13.9. The highest BCUT2D eigenvalue weighted by atomic mass is 79.9.